The molecule has 7 nitrogen and oxygen atoms in total. The highest BCUT2D eigenvalue weighted by Gasteiger charge is 2.13. The summed E-state index contributed by atoms with van der Waals surface area (Å²) >= 11 is 0. The number of nitrogens with two attached hydrogens (primary N) is 2. The molecule has 1 rings (SSSR count). The molecule has 0 bridgehead atoms. The summed E-state index contributed by atoms with van der Waals surface area (Å²) in [4.78, 5) is 30.1. The standard InChI is InChI=1S/C9H10O2.C4H8N2O3/c10-9(11)7-6-8-4-2-1-3-5-8;5-2(4(8)9)1-3(6)7/h1-5H,6-7H2,(H,10,11);2H,1,5H2,(H2,6,7)(H,8,9). The maximum Gasteiger partial charge on any atom is 0.321 e. The van der Waals surface area contributed by atoms with Crippen molar-refractivity contribution in [2.24, 2.45) is 11.5 Å². The van der Waals surface area contributed by atoms with Crippen LogP contribution in [0.5, 0.6) is 0 Å². The molecule has 20 heavy (non-hydrogen) atoms. The lowest BCUT2D eigenvalue weighted by Crippen LogP contribution is -2.34. The Morgan fingerprint density at radius 2 is 1.65 bits per heavy atom. The summed E-state index contributed by atoms with van der Waals surface area (Å²) in [5.74, 6) is -2.66. The minimum Gasteiger partial charge on any atom is -0.481 e. The minimum absolute atomic E-state index is 0.212. The number of carbonyl (C=O) groups excluding carboxylic acids is 1. The molecule has 1 atom stereocenters. The van der Waals surface area contributed by atoms with Crippen molar-refractivity contribution in [1.82, 2.24) is 0 Å². The van der Waals surface area contributed by atoms with Gasteiger partial charge in [-0.3, -0.25) is 14.4 Å². The molecule has 0 saturated carbocycles. The largest absolute Gasteiger partial charge is 0.481 e. The zero-order valence-electron chi connectivity index (χ0n) is 10.9. The molecule has 0 fully saturated rings. The Kier molecular flexibility index (Phi) is 8.36. The van der Waals surface area contributed by atoms with E-state index in [4.69, 9.17) is 15.9 Å². The number of aryl methyl sites for hydroxylation is 1. The van der Waals surface area contributed by atoms with E-state index in [0.717, 1.165) is 5.56 Å². The number of amides is 1. The van der Waals surface area contributed by atoms with Crippen molar-refractivity contribution >= 4 is 17.8 Å². The summed E-state index contributed by atoms with van der Waals surface area (Å²) in [6.45, 7) is 0. The zero-order chi connectivity index (χ0) is 15.5. The van der Waals surface area contributed by atoms with Gasteiger partial charge in [0.2, 0.25) is 5.91 Å². The minimum atomic E-state index is -1.21. The second-order valence-electron chi connectivity index (χ2n) is 3.99. The summed E-state index contributed by atoms with van der Waals surface area (Å²) in [6.07, 6.45) is 0.523. The van der Waals surface area contributed by atoms with Gasteiger partial charge in [0, 0.05) is 6.42 Å². The van der Waals surface area contributed by atoms with E-state index >= 15 is 0 Å². The van der Waals surface area contributed by atoms with E-state index in [-0.39, 0.29) is 12.8 Å². The van der Waals surface area contributed by atoms with Gasteiger partial charge in [0.25, 0.3) is 0 Å². The van der Waals surface area contributed by atoms with Gasteiger partial charge in [0.15, 0.2) is 0 Å². The maximum atomic E-state index is 10.2. The summed E-state index contributed by atoms with van der Waals surface area (Å²) in [5, 5.41) is 16.5. The van der Waals surface area contributed by atoms with E-state index in [1.807, 2.05) is 30.3 Å². The second kappa shape index (κ2) is 9.51. The van der Waals surface area contributed by atoms with Crippen LogP contribution in [0, 0.1) is 0 Å². The Hall–Kier alpha value is -2.41. The number of carbonyl (C=O) groups is 3. The fraction of sp³-hybridized carbons (Fsp3) is 0.308. The summed E-state index contributed by atoms with van der Waals surface area (Å²) < 4.78 is 0. The first kappa shape index (κ1) is 17.6. The normalized spacial score (nSPS) is 10.8. The van der Waals surface area contributed by atoms with Crippen molar-refractivity contribution in [3.63, 3.8) is 0 Å². The topological polar surface area (TPSA) is 144 Å². The fourth-order valence-electron chi connectivity index (χ4n) is 1.20. The van der Waals surface area contributed by atoms with E-state index in [1.165, 1.54) is 0 Å². The highest BCUT2D eigenvalue weighted by Crippen LogP contribution is 2.01. The van der Waals surface area contributed by atoms with Crippen molar-refractivity contribution in [2.75, 3.05) is 0 Å². The van der Waals surface area contributed by atoms with Gasteiger partial charge in [0.1, 0.15) is 6.04 Å². The average molecular weight is 282 g/mol. The molecule has 7 heteroatoms. The molecular formula is C13H18N2O5. The molecule has 0 aliphatic rings. The lowest BCUT2D eigenvalue weighted by molar-refractivity contribution is -0.140. The summed E-state index contributed by atoms with van der Waals surface area (Å²) in [6, 6.07) is 8.45. The van der Waals surface area contributed by atoms with Crippen LogP contribution in [-0.4, -0.2) is 34.1 Å². The van der Waals surface area contributed by atoms with E-state index in [0.29, 0.717) is 6.42 Å². The molecule has 0 aromatic heterocycles. The molecule has 0 aliphatic carbocycles. The average Bonchev–Trinajstić information content (AvgIpc) is 2.37. The van der Waals surface area contributed by atoms with E-state index in [9.17, 15) is 14.4 Å². The first-order valence-corrected chi connectivity index (χ1v) is 5.85. The van der Waals surface area contributed by atoms with Crippen molar-refractivity contribution in [3.05, 3.63) is 35.9 Å². The molecule has 0 aliphatic heterocycles. The predicted molar refractivity (Wildman–Crippen MR) is 71.8 cm³/mol. The first-order valence-electron chi connectivity index (χ1n) is 5.85. The molecule has 0 saturated heterocycles. The van der Waals surface area contributed by atoms with Crippen LogP contribution in [0.15, 0.2) is 30.3 Å². The Morgan fingerprint density at radius 3 is 2.00 bits per heavy atom. The number of hydrogen-bond acceptors (Lipinski definition) is 4. The molecule has 1 unspecified atom stereocenters. The van der Waals surface area contributed by atoms with E-state index in [2.05, 4.69) is 5.73 Å². The Bertz CT molecular complexity index is 447. The molecule has 6 N–H and O–H groups in total. The first-order chi connectivity index (χ1) is 9.32. The Morgan fingerprint density at radius 1 is 1.10 bits per heavy atom. The highest BCUT2D eigenvalue weighted by molar-refractivity contribution is 5.83. The van der Waals surface area contributed by atoms with Gasteiger partial charge in [-0.1, -0.05) is 30.3 Å². The van der Waals surface area contributed by atoms with Crippen LogP contribution >= 0.6 is 0 Å². The van der Waals surface area contributed by atoms with E-state index < -0.39 is 23.9 Å². The maximum absolute atomic E-state index is 10.2. The molecule has 1 aromatic rings. The highest BCUT2D eigenvalue weighted by atomic mass is 16.4. The predicted octanol–water partition coefficient (Wildman–Crippen LogP) is -0.0225. The van der Waals surface area contributed by atoms with Gasteiger partial charge in [0.05, 0.1) is 6.42 Å². The number of rotatable bonds is 6. The quantitative estimate of drug-likeness (QED) is 0.577. The fourth-order valence-corrected chi connectivity index (χ4v) is 1.20. The van der Waals surface area contributed by atoms with Crippen molar-refractivity contribution in [1.29, 1.82) is 0 Å². The van der Waals surface area contributed by atoms with Crippen LogP contribution in [0.25, 0.3) is 0 Å². The SMILES string of the molecule is NC(=O)CC(N)C(=O)O.O=C(O)CCc1ccccc1. The van der Waals surface area contributed by atoms with Crippen LogP contribution in [0.2, 0.25) is 0 Å². The number of primary amides is 1. The van der Waals surface area contributed by atoms with Crippen LogP contribution in [-0.2, 0) is 20.8 Å². The number of carboxylic acids is 2. The lowest BCUT2D eigenvalue weighted by atomic mass is 10.1. The molecule has 1 amide bonds. The third-order valence-corrected chi connectivity index (χ3v) is 2.21. The van der Waals surface area contributed by atoms with Crippen LogP contribution in [0.4, 0.5) is 0 Å². The second-order valence-corrected chi connectivity index (χ2v) is 3.99. The van der Waals surface area contributed by atoms with Crippen LogP contribution < -0.4 is 11.5 Å². The molecule has 0 heterocycles. The van der Waals surface area contributed by atoms with Crippen molar-refractivity contribution in [3.8, 4) is 0 Å². The molecular weight excluding hydrogens is 264 g/mol. The molecule has 110 valence electrons. The van der Waals surface area contributed by atoms with Crippen LogP contribution in [0.3, 0.4) is 0 Å². The summed E-state index contributed by atoms with van der Waals surface area (Å²) in [5.41, 5.74) is 10.6. The van der Waals surface area contributed by atoms with Crippen molar-refractivity contribution < 1.29 is 24.6 Å². The number of carboxylic acid groups (broad SMARTS) is 2. The van der Waals surface area contributed by atoms with Gasteiger partial charge in [-0.2, -0.15) is 0 Å². The molecule has 0 spiro atoms. The van der Waals surface area contributed by atoms with Gasteiger partial charge in [-0.25, -0.2) is 0 Å². The third kappa shape index (κ3) is 9.60. The monoisotopic (exact) mass is 282 g/mol. The number of aliphatic carboxylic acids is 2. The van der Waals surface area contributed by atoms with E-state index in [1.54, 1.807) is 0 Å². The molecule has 1 aromatic carbocycles. The number of benzene rings is 1. The zero-order valence-corrected chi connectivity index (χ0v) is 10.9. The third-order valence-electron chi connectivity index (χ3n) is 2.21. The van der Waals surface area contributed by atoms with Gasteiger partial charge in [-0.15, -0.1) is 0 Å². The van der Waals surface area contributed by atoms with Gasteiger partial charge < -0.3 is 21.7 Å². The van der Waals surface area contributed by atoms with Gasteiger partial charge >= 0.3 is 11.9 Å². The van der Waals surface area contributed by atoms with Gasteiger partial charge in [-0.05, 0) is 12.0 Å². The lowest BCUT2D eigenvalue weighted by Gasteiger charge is -1.99. The smallest absolute Gasteiger partial charge is 0.321 e. The Balaban J connectivity index is 0.000000370. The Labute approximate surface area is 116 Å². The summed E-state index contributed by atoms with van der Waals surface area (Å²) in [7, 11) is 0. The molecule has 0 radical (unpaired) electrons. The van der Waals surface area contributed by atoms with Crippen molar-refractivity contribution in [2.45, 2.75) is 25.3 Å². The number of hydrogen-bond donors (Lipinski definition) is 4. The van der Waals surface area contributed by atoms with Crippen LogP contribution in [0.1, 0.15) is 18.4 Å².